The number of aryl methyl sites for hydroxylation is 1. The van der Waals surface area contributed by atoms with Gasteiger partial charge in [-0.25, -0.2) is 0 Å². The fourth-order valence-corrected chi connectivity index (χ4v) is 4.23. The van der Waals surface area contributed by atoms with Crippen LogP contribution >= 0.6 is 0 Å². The third kappa shape index (κ3) is 3.88. The number of anilines is 1. The van der Waals surface area contributed by atoms with Crippen LogP contribution in [0.4, 0.5) is 5.69 Å². The van der Waals surface area contributed by atoms with Crippen molar-refractivity contribution >= 4 is 22.3 Å². The number of hydrogen-bond donors (Lipinski definition) is 3. The Balaban J connectivity index is 2.28. The van der Waals surface area contributed by atoms with Crippen LogP contribution in [-0.4, -0.2) is 19.9 Å². The Labute approximate surface area is 184 Å². The fraction of sp³-hybridized carbons (Fsp3) is 0.308. The van der Waals surface area contributed by atoms with Crippen molar-refractivity contribution in [3.63, 3.8) is 0 Å². The molecule has 0 atom stereocenters. The van der Waals surface area contributed by atoms with Crippen LogP contribution in [0.15, 0.2) is 55.1 Å². The summed E-state index contributed by atoms with van der Waals surface area (Å²) in [6, 6.07) is 9.17. The van der Waals surface area contributed by atoms with Crippen molar-refractivity contribution in [2.24, 2.45) is 0 Å². The van der Waals surface area contributed by atoms with Crippen molar-refractivity contribution in [1.82, 2.24) is 4.57 Å². The highest BCUT2D eigenvalue weighted by atomic mass is 16.3. The topological polar surface area (TPSA) is 68.9 Å². The molecule has 1 aromatic heterocycles. The zero-order chi connectivity index (χ0) is 23.0. The molecule has 0 spiro atoms. The minimum atomic E-state index is -0.177. The number of allylic oxidation sites excluding steroid dienone is 1. The van der Waals surface area contributed by atoms with Crippen LogP contribution < -0.4 is 4.90 Å². The Kier molecular flexibility index (Phi) is 6.07. The SMILES string of the molecule is C=C(O)N(/C(=C\C)c1cc(C(C)C)c(C)cc1O)c1ccc(O)c2c1ccn2C(C)C. The van der Waals surface area contributed by atoms with E-state index in [0.717, 1.165) is 16.5 Å². The van der Waals surface area contributed by atoms with Gasteiger partial charge in [-0.2, -0.15) is 0 Å². The number of aliphatic hydroxyl groups is 1. The second-order valence-corrected chi connectivity index (χ2v) is 8.49. The molecule has 0 bridgehead atoms. The van der Waals surface area contributed by atoms with Crippen molar-refractivity contribution in [3.8, 4) is 11.5 Å². The first kappa shape index (κ1) is 22.3. The summed E-state index contributed by atoms with van der Waals surface area (Å²) < 4.78 is 1.99. The van der Waals surface area contributed by atoms with Crippen molar-refractivity contribution in [2.45, 2.75) is 53.5 Å². The molecule has 3 N–H and O–H groups in total. The number of fused-ring (bicyclic) bond motifs is 1. The van der Waals surface area contributed by atoms with Gasteiger partial charge < -0.3 is 19.9 Å². The van der Waals surface area contributed by atoms with E-state index >= 15 is 0 Å². The highest BCUT2D eigenvalue weighted by molar-refractivity contribution is 6.01. The van der Waals surface area contributed by atoms with Gasteiger partial charge in [0.15, 0.2) is 5.88 Å². The van der Waals surface area contributed by atoms with Crippen molar-refractivity contribution in [3.05, 3.63) is 71.8 Å². The number of rotatable bonds is 6. The Morgan fingerprint density at radius 3 is 2.29 bits per heavy atom. The zero-order valence-electron chi connectivity index (χ0n) is 19.1. The lowest BCUT2D eigenvalue weighted by Crippen LogP contribution is -2.20. The van der Waals surface area contributed by atoms with Gasteiger partial charge in [0.2, 0.25) is 0 Å². The van der Waals surface area contributed by atoms with Crippen LogP contribution in [0.1, 0.15) is 63.3 Å². The van der Waals surface area contributed by atoms with Crippen molar-refractivity contribution in [2.75, 3.05) is 4.90 Å². The van der Waals surface area contributed by atoms with E-state index in [1.807, 2.05) is 56.7 Å². The summed E-state index contributed by atoms with van der Waals surface area (Å²) in [6.45, 7) is 15.9. The smallest absolute Gasteiger partial charge is 0.188 e. The maximum absolute atomic E-state index is 10.8. The largest absolute Gasteiger partial charge is 0.507 e. The molecular formula is C26H32N2O3. The van der Waals surface area contributed by atoms with E-state index in [1.165, 1.54) is 0 Å². The standard InChI is InChI=1S/C26H32N2O3/c1-8-22(21-14-20(15(2)3)17(6)13-25(21)31)28(18(7)29)23-9-10-24(30)26-19(23)11-12-27(26)16(4)5/h8-16,29-31H,7H2,1-6H3/b22-8-. The molecule has 5 heteroatoms. The van der Waals surface area contributed by atoms with Gasteiger partial charge in [0.1, 0.15) is 11.5 Å². The summed E-state index contributed by atoms with van der Waals surface area (Å²) >= 11 is 0. The molecule has 164 valence electrons. The van der Waals surface area contributed by atoms with Crippen LogP contribution in [0.25, 0.3) is 16.6 Å². The van der Waals surface area contributed by atoms with E-state index in [-0.39, 0.29) is 29.3 Å². The molecule has 3 rings (SSSR count). The van der Waals surface area contributed by atoms with Crippen LogP contribution in [0.5, 0.6) is 11.5 Å². The normalized spacial score (nSPS) is 12.2. The summed E-state index contributed by atoms with van der Waals surface area (Å²) in [5, 5.41) is 32.7. The molecule has 2 aromatic carbocycles. The molecule has 0 aliphatic heterocycles. The average molecular weight is 421 g/mol. The maximum atomic E-state index is 10.8. The van der Waals surface area contributed by atoms with E-state index < -0.39 is 0 Å². The minimum Gasteiger partial charge on any atom is -0.507 e. The molecule has 5 nitrogen and oxygen atoms in total. The number of aromatic nitrogens is 1. The third-order valence-electron chi connectivity index (χ3n) is 5.68. The highest BCUT2D eigenvalue weighted by Gasteiger charge is 2.24. The Bertz CT molecular complexity index is 1170. The second kappa shape index (κ2) is 8.42. The monoisotopic (exact) mass is 420 g/mol. The molecule has 0 radical (unpaired) electrons. The van der Waals surface area contributed by atoms with Gasteiger partial charge >= 0.3 is 0 Å². The lowest BCUT2D eigenvalue weighted by Gasteiger charge is -2.28. The second-order valence-electron chi connectivity index (χ2n) is 8.49. The Hall–Kier alpha value is -3.34. The highest BCUT2D eigenvalue weighted by Crippen LogP contribution is 2.42. The van der Waals surface area contributed by atoms with Gasteiger partial charge in [-0.15, -0.1) is 0 Å². The molecule has 0 fully saturated rings. The lowest BCUT2D eigenvalue weighted by atomic mass is 9.93. The predicted octanol–water partition coefficient (Wildman–Crippen LogP) is 6.96. The van der Waals surface area contributed by atoms with E-state index in [2.05, 4.69) is 20.4 Å². The summed E-state index contributed by atoms with van der Waals surface area (Å²) in [6.07, 6.45) is 3.76. The average Bonchev–Trinajstić information content (AvgIpc) is 3.13. The number of nitrogens with zero attached hydrogens (tertiary/aromatic N) is 2. The van der Waals surface area contributed by atoms with Gasteiger partial charge in [-0.3, -0.25) is 4.90 Å². The number of aliphatic hydroxyl groups excluding tert-OH is 1. The maximum Gasteiger partial charge on any atom is 0.188 e. The van der Waals surface area contributed by atoms with Crippen LogP contribution in [0.3, 0.4) is 0 Å². The molecule has 1 heterocycles. The van der Waals surface area contributed by atoms with Gasteiger partial charge in [-0.05, 0) is 81.7 Å². The van der Waals surface area contributed by atoms with E-state index in [9.17, 15) is 15.3 Å². The van der Waals surface area contributed by atoms with Gasteiger partial charge in [-0.1, -0.05) is 19.9 Å². The Morgan fingerprint density at radius 1 is 1.06 bits per heavy atom. The van der Waals surface area contributed by atoms with Crippen LogP contribution in [-0.2, 0) is 0 Å². The number of benzene rings is 2. The summed E-state index contributed by atoms with van der Waals surface area (Å²) in [5.74, 6) is 0.409. The summed E-state index contributed by atoms with van der Waals surface area (Å²) in [5.41, 5.74) is 4.70. The molecule has 0 amide bonds. The molecule has 0 saturated heterocycles. The molecule has 0 saturated carbocycles. The van der Waals surface area contributed by atoms with Crippen LogP contribution in [0, 0.1) is 6.92 Å². The lowest BCUT2D eigenvalue weighted by molar-refractivity contribution is 0.406. The van der Waals surface area contributed by atoms with Gasteiger partial charge in [0.25, 0.3) is 0 Å². The van der Waals surface area contributed by atoms with E-state index in [1.54, 1.807) is 23.1 Å². The first-order valence-electron chi connectivity index (χ1n) is 10.6. The Morgan fingerprint density at radius 2 is 1.74 bits per heavy atom. The molecule has 0 aliphatic carbocycles. The molecular weight excluding hydrogens is 388 g/mol. The molecule has 0 unspecified atom stereocenters. The quantitative estimate of drug-likeness (QED) is 0.377. The van der Waals surface area contributed by atoms with E-state index in [4.69, 9.17) is 0 Å². The fourth-order valence-electron chi connectivity index (χ4n) is 4.23. The number of phenolic OH excluding ortho intramolecular Hbond substituents is 2. The summed E-state index contributed by atoms with van der Waals surface area (Å²) in [4.78, 5) is 1.61. The third-order valence-corrected chi connectivity index (χ3v) is 5.68. The number of phenols is 2. The molecule has 0 aliphatic rings. The van der Waals surface area contributed by atoms with Crippen LogP contribution in [0.2, 0.25) is 0 Å². The van der Waals surface area contributed by atoms with Gasteiger partial charge in [0, 0.05) is 23.2 Å². The molecule has 31 heavy (non-hydrogen) atoms. The van der Waals surface area contributed by atoms with Crippen molar-refractivity contribution in [1.29, 1.82) is 0 Å². The van der Waals surface area contributed by atoms with Crippen molar-refractivity contribution < 1.29 is 15.3 Å². The summed E-state index contributed by atoms with van der Waals surface area (Å²) in [7, 11) is 0. The number of hydrogen-bond acceptors (Lipinski definition) is 4. The first-order chi connectivity index (χ1) is 14.6. The van der Waals surface area contributed by atoms with E-state index in [0.29, 0.717) is 22.5 Å². The first-order valence-corrected chi connectivity index (χ1v) is 10.6. The minimum absolute atomic E-state index is 0.135. The predicted molar refractivity (Wildman–Crippen MR) is 129 cm³/mol. The number of aromatic hydroxyl groups is 2. The zero-order valence-corrected chi connectivity index (χ0v) is 19.1. The molecule has 3 aromatic rings. The van der Waals surface area contributed by atoms with Gasteiger partial charge in [0.05, 0.1) is 16.9 Å².